The van der Waals surface area contributed by atoms with Gasteiger partial charge in [0.25, 0.3) is 11.2 Å². The van der Waals surface area contributed by atoms with Crippen LogP contribution in [0.1, 0.15) is 0 Å². The van der Waals surface area contributed by atoms with E-state index in [-0.39, 0.29) is 16.3 Å². The average molecular weight is 464 g/mol. The summed E-state index contributed by atoms with van der Waals surface area (Å²) in [6.07, 6.45) is 0. The lowest BCUT2D eigenvalue weighted by atomic mass is 10.1. The Morgan fingerprint density at radius 3 is 2.12 bits per heavy atom. The predicted octanol–water partition coefficient (Wildman–Crippen LogP) is 3.80. The Labute approximate surface area is 187 Å². The molecule has 3 aromatic carbocycles. The summed E-state index contributed by atoms with van der Waals surface area (Å²) < 4.78 is 24.1. The van der Waals surface area contributed by atoms with Gasteiger partial charge in [-0.3, -0.25) is 20.0 Å². The van der Waals surface area contributed by atoms with E-state index in [0.29, 0.717) is 22.6 Å². The first-order valence-electron chi connectivity index (χ1n) is 9.44. The fraction of sp³-hybridized carbons (Fsp3) is 0. The number of nitro groups is 1. The third-order valence-electron chi connectivity index (χ3n) is 4.68. The van der Waals surface area contributed by atoms with Crippen LogP contribution < -0.4 is 10.7 Å². The SMILES string of the molecule is NS(=O)(=O)c1ccc(N=Nc2c(-c3ccc([N+](=O)[O-])cc3)[nH]n(-c3ccccc3)c2=O)cc1. The van der Waals surface area contributed by atoms with Crippen LogP contribution in [0.3, 0.4) is 0 Å². The number of nitrogens with one attached hydrogen (secondary N) is 1. The number of non-ortho nitro benzene ring substituents is 1. The molecule has 0 fully saturated rings. The minimum Gasteiger partial charge on any atom is -0.288 e. The van der Waals surface area contributed by atoms with Gasteiger partial charge in [-0.2, -0.15) is 5.11 Å². The second-order valence-electron chi connectivity index (χ2n) is 6.85. The Morgan fingerprint density at radius 1 is 0.909 bits per heavy atom. The Hall–Kier alpha value is -4.42. The molecule has 3 N–H and O–H groups in total. The smallest absolute Gasteiger partial charge is 0.288 e. The molecule has 0 amide bonds. The van der Waals surface area contributed by atoms with Crippen molar-refractivity contribution in [2.45, 2.75) is 4.90 Å². The number of benzene rings is 3. The molecule has 0 saturated carbocycles. The average Bonchev–Trinajstić information content (AvgIpc) is 3.14. The number of hydrogen-bond acceptors (Lipinski definition) is 7. The molecule has 0 unspecified atom stereocenters. The molecule has 1 heterocycles. The van der Waals surface area contributed by atoms with Gasteiger partial charge in [0.1, 0.15) is 0 Å². The van der Waals surface area contributed by atoms with Crippen molar-refractivity contribution in [2.24, 2.45) is 15.4 Å². The van der Waals surface area contributed by atoms with Gasteiger partial charge >= 0.3 is 0 Å². The van der Waals surface area contributed by atoms with Crippen LogP contribution in [0.4, 0.5) is 17.1 Å². The minimum absolute atomic E-state index is 0.0248. The molecule has 4 rings (SSSR count). The maximum absolute atomic E-state index is 13.1. The summed E-state index contributed by atoms with van der Waals surface area (Å²) in [5.74, 6) is 0. The zero-order valence-electron chi connectivity index (χ0n) is 16.8. The number of aromatic amines is 1. The molecule has 0 saturated heterocycles. The molecular weight excluding hydrogens is 448 g/mol. The summed E-state index contributed by atoms with van der Waals surface area (Å²) >= 11 is 0. The van der Waals surface area contributed by atoms with E-state index in [4.69, 9.17) is 5.14 Å². The maximum Gasteiger partial charge on any atom is 0.299 e. The van der Waals surface area contributed by atoms with Gasteiger partial charge in [-0.05, 0) is 48.5 Å². The number of para-hydroxylation sites is 1. The van der Waals surface area contributed by atoms with Gasteiger partial charge in [0.15, 0.2) is 5.69 Å². The monoisotopic (exact) mass is 464 g/mol. The number of nitro benzene ring substituents is 1. The van der Waals surface area contributed by atoms with Crippen LogP contribution in [0, 0.1) is 10.1 Å². The summed E-state index contributed by atoms with van der Waals surface area (Å²) in [6.45, 7) is 0. The van der Waals surface area contributed by atoms with Gasteiger partial charge in [-0.25, -0.2) is 18.2 Å². The number of aromatic nitrogens is 2. The molecular formula is C21H16N6O5S. The summed E-state index contributed by atoms with van der Waals surface area (Å²) in [5.41, 5.74) is 1.05. The van der Waals surface area contributed by atoms with Crippen molar-refractivity contribution < 1.29 is 13.3 Å². The fourth-order valence-electron chi connectivity index (χ4n) is 3.04. The highest BCUT2D eigenvalue weighted by Gasteiger charge is 2.18. The third kappa shape index (κ3) is 4.61. The number of primary sulfonamides is 1. The number of H-pyrrole nitrogens is 1. The van der Waals surface area contributed by atoms with Gasteiger partial charge in [0, 0.05) is 17.7 Å². The zero-order chi connectivity index (χ0) is 23.6. The Kier molecular flexibility index (Phi) is 5.69. The van der Waals surface area contributed by atoms with E-state index in [1.165, 1.54) is 53.2 Å². The van der Waals surface area contributed by atoms with Gasteiger partial charge in [0.2, 0.25) is 10.0 Å². The van der Waals surface area contributed by atoms with Crippen molar-refractivity contribution in [3.63, 3.8) is 0 Å². The van der Waals surface area contributed by atoms with E-state index < -0.39 is 20.5 Å². The lowest BCUT2D eigenvalue weighted by molar-refractivity contribution is -0.384. The Balaban J connectivity index is 1.80. The topological polar surface area (TPSA) is 166 Å². The summed E-state index contributed by atoms with van der Waals surface area (Å²) in [5, 5.41) is 27.2. The molecule has 0 aliphatic heterocycles. The molecule has 0 spiro atoms. The van der Waals surface area contributed by atoms with Gasteiger partial charge in [-0.15, -0.1) is 5.11 Å². The number of rotatable bonds is 6. The van der Waals surface area contributed by atoms with Crippen LogP contribution in [0.2, 0.25) is 0 Å². The van der Waals surface area contributed by atoms with E-state index >= 15 is 0 Å². The Bertz CT molecular complexity index is 1510. The number of azo groups is 1. The van der Waals surface area contributed by atoms with Crippen molar-refractivity contribution in [3.8, 4) is 16.9 Å². The lowest BCUT2D eigenvalue weighted by Gasteiger charge is -2.01. The fourth-order valence-corrected chi connectivity index (χ4v) is 3.56. The van der Waals surface area contributed by atoms with Crippen LogP contribution in [0.15, 0.2) is 98.8 Å². The van der Waals surface area contributed by atoms with E-state index in [0.717, 1.165) is 0 Å². The van der Waals surface area contributed by atoms with E-state index in [9.17, 15) is 23.3 Å². The molecule has 0 atom stereocenters. The molecule has 4 aromatic rings. The molecule has 166 valence electrons. The molecule has 1 aromatic heterocycles. The molecule has 0 aliphatic carbocycles. The van der Waals surface area contributed by atoms with Crippen LogP contribution in [-0.4, -0.2) is 23.1 Å². The van der Waals surface area contributed by atoms with Gasteiger partial charge < -0.3 is 0 Å². The van der Waals surface area contributed by atoms with Crippen LogP contribution in [0.25, 0.3) is 16.9 Å². The van der Waals surface area contributed by atoms with Crippen molar-refractivity contribution in [3.05, 3.63) is 99.3 Å². The first kappa shape index (κ1) is 21.8. The molecule has 0 aliphatic rings. The van der Waals surface area contributed by atoms with Crippen molar-refractivity contribution in [1.82, 2.24) is 9.78 Å². The maximum atomic E-state index is 13.1. The highest BCUT2D eigenvalue weighted by Crippen LogP contribution is 2.29. The standard InChI is InChI=1S/C21H16N6O5S/c22-33(31,32)18-12-8-15(9-13-18)23-24-20-19(14-6-10-17(11-7-14)27(29)30)25-26(21(20)28)16-4-2-1-3-5-16/h1-13,25H,(H2,22,31,32). The highest BCUT2D eigenvalue weighted by atomic mass is 32.2. The largest absolute Gasteiger partial charge is 0.299 e. The quantitative estimate of drug-likeness (QED) is 0.251. The molecule has 11 nitrogen and oxygen atoms in total. The van der Waals surface area contributed by atoms with E-state index in [1.54, 1.807) is 30.3 Å². The number of hydrogen-bond donors (Lipinski definition) is 2. The zero-order valence-corrected chi connectivity index (χ0v) is 17.6. The van der Waals surface area contributed by atoms with Crippen molar-refractivity contribution in [2.75, 3.05) is 0 Å². The second-order valence-corrected chi connectivity index (χ2v) is 8.42. The van der Waals surface area contributed by atoms with Crippen LogP contribution >= 0.6 is 0 Å². The highest BCUT2D eigenvalue weighted by molar-refractivity contribution is 7.89. The van der Waals surface area contributed by atoms with Crippen LogP contribution in [0.5, 0.6) is 0 Å². The molecule has 33 heavy (non-hydrogen) atoms. The van der Waals surface area contributed by atoms with Gasteiger partial charge in [0.05, 0.1) is 26.9 Å². The molecule has 12 heteroatoms. The van der Waals surface area contributed by atoms with Crippen molar-refractivity contribution >= 4 is 27.1 Å². The Morgan fingerprint density at radius 2 is 1.55 bits per heavy atom. The van der Waals surface area contributed by atoms with E-state index in [1.807, 2.05) is 0 Å². The number of nitrogens with two attached hydrogens (primary N) is 1. The number of nitrogens with zero attached hydrogens (tertiary/aromatic N) is 4. The van der Waals surface area contributed by atoms with E-state index in [2.05, 4.69) is 15.3 Å². The summed E-state index contributed by atoms with van der Waals surface area (Å²) in [6, 6.07) is 19.8. The first-order valence-corrected chi connectivity index (χ1v) is 11.0. The normalized spacial score (nSPS) is 11.7. The van der Waals surface area contributed by atoms with Gasteiger partial charge in [-0.1, -0.05) is 18.2 Å². The molecule has 0 bridgehead atoms. The predicted molar refractivity (Wildman–Crippen MR) is 120 cm³/mol. The number of sulfonamides is 1. The summed E-state index contributed by atoms with van der Waals surface area (Å²) in [4.78, 5) is 23.5. The lowest BCUT2D eigenvalue weighted by Crippen LogP contribution is -2.13. The first-order chi connectivity index (χ1) is 15.7. The summed E-state index contributed by atoms with van der Waals surface area (Å²) in [7, 11) is -3.85. The minimum atomic E-state index is -3.85. The second kappa shape index (κ2) is 8.61. The van der Waals surface area contributed by atoms with Crippen LogP contribution in [-0.2, 0) is 10.0 Å². The third-order valence-corrected chi connectivity index (χ3v) is 5.61. The molecule has 0 radical (unpaired) electrons. The van der Waals surface area contributed by atoms with Crippen molar-refractivity contribution in [1.29, 1.82) is 0 Å².